The summed E-state index contributed by atoms with van der Waals surface area (Å²) in [5, 5.41) is 0.961. The van der Waals surface area contributed by atoms with Crippen molar-refractivity contribution in [3.8, 4) is 0 Å². The van der Waals surface area contributed by atoms with Gasteiger partial charge >= 0.3 is 0 Å². The first-order valence-electron chi connectivity index (χ1n) is 4.71. The molecule has 2 rings (SSSR count). The van der Waals surface area contributed by atoms with Crippen molar-refractivity contribution in [3.63, 3.8) is 0 Å². The van der Waals surface area contributed by atoms with Crippen LogP contribution in [0.1, 0.15) is 38.5 Å². The lowest BCUT2D eigenvalue weighted by atomic mass is 9.85. The first-order chi connectivity index (χ1) is 5.36. The van der Waals surface area contributed by atoms with Crippen molar-refractivity contribution in [2.24, 2.45) is 5.92 Å². The highest BCUT2D eigenvalue weighted by Crippen LogP contribution is 2.47. The van der Waals surface area contributed by atoms with E-state index in [0.717, 1.165) is 11.2 Å². The van der Waals surface area contributed by atoms with E-state index in [0.29, 0.717) is 0 Å². The standard InChI is InChI=1S/C10H16S/c1-8-7-10(11-8)9-5-3-2-4-6-9/h9-10H,1-7H2. The largest absolute Gasteiger partial charge is 0.127 e. The minimum Gasteiger partial charge on any atom is -0.127 e. The molecule has 0 aromatic heterocycles. The molecule has 0 amide bonds. The number of hydrogen-bond acceptors (Lipinski definition) is 1. The molecule has 1 saturated heterocycles. The quantitative estimate of drug-likeness (QED) is 0.576. The molecule has 1 saturated carbocycles. The summed E-state index contributed by atoms with van der Waals surface area (Å²) in [7, 11) is 0. The maximum Gasteiger partial charge on any atom is 0.0164 e. The Hall–Kier alpha value is 0.0900. The topological polar surface area (TPSA) is 0 Å². The second-order valence-corrected chi connectivity index (χ2v) is 5.22. The summed E-state index contributed by atoms with van der Waals surface area (Å²) < 4.78 is 0. The van der Waals surface area contributed by atoms with Crippen LogP contribution in [0.5, 0.6) is 0 Å². The van der Waals surface area contributed by atoms with E-state index < -0.39 is 0 Å². The monoisotopic (exact) mass is 168 g/mol. The van der Waals surface area contributed by atoms with E-state index >= 15 is 0 Å². The fraction of sp³-hybridized carbons (Fsp3) is 0.800. The van der Waals surface area contributed by atoms with Crippen LogP contribution in [0, 0.1) is 5.92 Å². The summed E-state index contributed by atoms with van der Waals surface area (Å²) in [5.74, 6) is 1.04. The normalized spacial score (nSPS) is 33.5. The Balaban J connectivity index is 1.80. The van der Waals surface area contributed by atoms with Gasteiger partial charge in [0, 0.05) is 5.25 Å². The zero-order valence-electron chi connectivity index (χ0n) is 7.01. The molecule has 62 valence electrons. The molecule has 2 fully saturated rings. The molecule has 1 heterocycles. The average molecular weight is 168 g/mol. The molecule has 0 aromatic rings. The molecule has 0 N–H and O–H groups in total. The first kappa shape index (κ1) is 7.72. The molecule has 1 heteroatoms. The van der Waals surface area contributed by atoms with Gasteiger partial charge in [-0.2, -0.15) is 0 Å². The van der Waals surface area contributed by atoms with Crippen LogP contribution in [0.3, 0.4) is 0 Å². The molecule has 2 aliphatic rings. The summed E-state index contributed by atoms with van der Waals surface area (Å²) in [4.78, 5) is 1.42. The molecule has 1 unspecified atom stereocenters. The van der Waals surface area contributed by atoms with Crippen molar-refractivity contribution in [2.75, 3.05) is 0 Å². The summed E-state index contributed by atoms with van der Waals surface area (Å²) in [6.07, 6.45) is 8.74. The van der Waals surface area contributed by atoms with Gasteiger partial charge in [0.25, 0.3) is 0 Å². The van der Waals surface area contributed by atoms with Crippen LogP contribution >= 0.6 is 11.8 Å². The Morgan fingerprint density at radius 1 is 1.18 bits per heavy atom. The van der Waals surface area contributed by atoms with Crippen molar-refractivity contribution in [1.29, 1.82) is 0 Å². The van der Waals surface area contributed by atoms with E-state index in [4.69, 9.17) is 0 Å². The minimum atomic E-state index is 0.961. The zero-order valence-corrected chi connectivity index (χ0v) is 7.83. The predicted molar refractivity (Wildman–Crippen MR) is 51.7 cm³/mol. The molecule has 1 aliphatic carbocycles. The maximum atomic E-state index is 3.97. The van der Waals surface area contributed by atoms with Crippen molar-refractivity contribution in [2.45, 2.75) is 43.8 Å². The molecule has 1 aliphatic heterocycles. The second-order valence-electron chi connectivity index (χ2n) is 3.80. The van der Waals surface area contributed by atoms with Crippen molar-refractivity contribution in [1.82, 2.24) is 0 Å². The van der Waals surface area contributed by atoms with E-state index in [-0.39, 0.29) is 0 Å². The van der Waals surface area contributed by atoms with E-state index in [1.54, 1.807) is 0 Å². The van der Waals surface area contributed by atoms with E-state index in [1.807, 2.05) is 11.8 Å². The molecular weight excluding hydrogens is 152 g/mol. The van der Waals surface area contributed by atoms with Gasteiger partial charge in [0.2, 0.25) is 0 Å². The predicted octanol–water partition coefficient (Wildman–Crippen LogP) is 3.59. The van der Waals surface area contributed by atoms with E-state index in [9.17, 15) is 0 Å². The second kappa shape index (κ2) is 3.22. The van der Waals surface area contributed by atoms with Gasteiger partial charge in [-0.25, -0.2) is 0 Å². The third-order valence-corrected chi connectivity index (χ3v) is 4.28. The SMILES string of the molecule is C=C1CC(C2CCCCC2)S1. The molecule has 0 nitrogen and oxygen atoms in total. The van der Waals surface area contributed by atoms with Crippen LogP contribution in [0.4, 0.5) is 0 Å². The van der Waals surface area contributed by atoms with Gasteiger partial charge in [-0.1, -0.05) is 25.8 Å². The van der Waals surface area contributed by atoms with E-state index in [2.05, 4.69) is 6.58 Å². The van der Waals surface area contributed by atoms with Crippen molar-refractivity contribution in [3.05, 3.63) is 11.5 Å². The van der Waals surface area contributed by atoms with Crippen LogP contribution < -0.4 is 0 Å². The Morgan fingerprint density at radius 2 is 1.82 bits per heavy atom. The third kappa shape index (κ3) is 1.64. The van der Waals surface area contributed by atoms with Gasteiger partial charge in [-0.3, -0.25) is 0 Å². The van der Waals surface area contributed by atoms with Gasteiger partial charge in [0.15, 0.2) is 0 Å². The number of rotatable bonds is 1. The fourth-order valence-corrected chi connectivity index (χ4v) is 3.35. The van der Waals surface area contributed by atoms with Gasteiger partial charge in [-0.15, -0.1) is 11.8 Å². The number of hydrogen-bond donors (Lipinski definition) is 0. The zero-order chi connectivity index (χ0) is 7.68. The van der Waals surface area contributed by atoms with Crippen LogP contribution in [0.15, 0.2) is 11.5 Å². The van der Waals surface area contributed by atoms with Gasteiger partial charge in [-0.05, 0) is 30.1 Å². The number of thioether (sulfide) groups is 1. The fourth-order valence-electron chi connectivity index (χ4n) is 2.20. The van der Waals surface area contributed by atoms with Gasteiger partial charge in [0.05, 0.1) is 0 Å². The maximum absolute atomic E-state index is 3.97. The minimum absolute atomic E-state index is 0.961. The Labute approximate surface area is 73.4 Å². The molecule has 0 radical (unpaired) electrons. The molecule has 0 spiro atoms. The summed E-state index contributed by atoms with van der Waals surface area (Å²) in [6, 6.07) is 0. The lowest BCUT2D eigenvalue weighted by Crippen LogP contribution is -2.26. The number of allylic oxidation sites excluding steroid dienone is 1. The van der Waals surface area contributed by atoms with Crippen LogP contribution in [0.2, 0.25) is 0 Å². The summed E-state index contributed by atoms with van der Waals surface area (Å²) in [5.41, 5.74) is 0. The van der Waals surface area contributed by atoms with Gasteiger partial charge < -0.3 is 0 Å². The van der Waals surface area contributed by atoms with Crippen molar-refractivity contribution >= 4 is 11.8 Å². The third-order valence-electron chi connectivity index (χ3n) is 2.92. The molecule has 11 heavy (non-hydrogen) atoms. The van der Waals surface area contributed by atoms with Crippen LogP contribution in [0.25, 0.3) is 0 Å². The Morgan fingerprint density at radius 3 is 2.36 bits per heavy atom. The highest BCUT2D eigenvalue weighted by molar-refractivity contribution is 8.05. The van der Waals surface area contributed by atoms with Gasteiger partial charge in [0.1, 0.15) is 0 Å². The first-order valence-corrected chi connectivity index (χ1v) is 5.58. The van der Waals surface area contributed by atoms with Crippen molar-refractivity contribution < 1.29 is 0 Å². The van der Waals surface area contributed by atoms with E-state index in [1.165, 1.54) is 43.4 Å². The summed E-state index contributed by atoms with van der Waals surface area (Å²) >= 11 is 2.04. The highest BCUT2D eigenvalue weighted by Gasteiger charge is 2.31. The van der Waals surface area contributed by atoms with Crippen LogP contribution in [-0.4, -0.2) is 5.25 Å². The van der Waals surface area contributed by atoms with Crippen LogP contribution in [-0.2, 0) is 0 Å². The molecule has 0 bridgehead atoms. The lowest BCUT2D eigenvalue weighted by molar-refractivity contribution is 0.343. The Kier molecular flexibility index (Phi) is 2.26. The average Bonchev–Trinajstić information content (AvgIpc) is 2.01. The molecule has 0 aromatic carbocycles. The molecular formula is C10H16S. The highest BCUT2D eigenvalue weighted by atomic mass is 32.2. The molecule has 1 atom stereocenters. The smallest absolute Gasteiger partial charge is 0.0164 e. The lowest BCUT2D eigenvalue weighted by Gasteiger charge is -2.36. The Bertz CT molecular complexity index is 148. The summed E-state index contributed by atoms with van der Waals surface area (Å²) in [6.45, 7) is 3.97.